The Balaban J connectivity index is 1.75. The molecule has 4 rings (SSSR count). The van der Waals surface area contributed by atoms with Crippen LogP contribution in [0.25, 0.3) is 17.3 Å². The normalized spacial score (nSPS) is 10.9. The molecule has 160 valence electrons. The van der Waals surface area contributed by atoms with Gasteiger partial charge in [-0.15, -0.1) is 0 Å². The molecule has 0 amide bonds. The number of nitrogens with two attached hydrogens (primary N) is 1. The third kappa shape index (κ3) is 4.79. The van der Waals surface area contributed by atoms with Gasteiger partial charge < -0.3 is 10.5 Å². The van der Waals surface area contributed by atoms with Gasteiger partial charge in [0.2, 0.25) is 0 Å². The molecule has 0 aliphatic rings. The van der Waals surface area contributed by atoms with Crippen LogP contribution in [0.1, 0.15) is 22.4 Å². The lowest BCUT2D eigenvalue weighted by molar-refractivity contribution is 0.305. The number of aromatic nitrogens is 2. The molecule has 0 aliphatic carbocycles. The minimum atomic E-state index is 0.147. The molecule has 0 aliphatic heterocycles. The fourth-order valence-electron chi connectivity index (χ4n) is 3.30. The van der Waals surface area contributed by atoms with Crippen molar-refractivity contribution in [2.24, 2.45) is 0 Å². The lowest BCUT2D eigenvalue weighted by Crippen LogP contribution is -2.02. The molecule has 0 saturated carbocycles. The molecule has 4 aromatic rings. The van der Waals surface area contributed by atoms with Gasteiger partial charge in [-0.25, -0.2) is 4.68 Å². The van der Waals surface area contributed by atoms with Crippen LogP contribution in [0.3, 0.4) is 0 Å². The number of hydrogen-bond acceptors (Lipinski definition) is 5. The Morgan fingerprint density at radius 3 is 2.39 bits per heavy atom. The smallest absolute Gasteiger partial charge is 0.145 e. The fraction of sp³-hybridized carbons (Fsp3) is 0.0385. The zero-order valence-electron chi connectivity index (χ0n) is 17.4. The highest BCUT2D eigenvalue weighted by atomic mass is 79.9. The van der Waals surface area contributed by atoms with E-state index in [0.29, 0.717) is 23.6 Å². The van der Waals surface area contributed by atoms with Gasteiger partial charge in [0.05, 0.1) is 11.3 Å². The number of nitrogen functional groups attached to an aromatic ring is 1. The first-order valence-corrected chi connectivity index (χ1v) is 10.8. The summed E-state index contributed by atoms with van der Waals surface area (Å²) in [6, 6.07) is 28.8. The zero-order chi connectivity index (χ0) is 23.2. The summed E-state index contributed by atoms with van der Waals surface area (Å²) in [5.41, 5.74) is 9.17. The van der Waals surface area contributed by atoms with Gasteiger partial charge in [-0.05, 0) is 42.0 Å². The van der Waals surface area contributed by atoms with E-state index in [1.807, 2.05) is 78.9 Å². The van der Waals surface area contributed by atoms with Crippen LogP contribution in [0.4, 0.5) is 5.82 Å². The van der Waals surface area contributed by atoms with Gasteiger partial charge in [-0.2, -0.15) is 15.6 Å². The van der Waals surface area contributed by atoms with Crippen LogP contribution >= 0.6 is 15.9 Å². The first-order chi connectivity index (χ1) is 16.1. The molecule has 0 spiro atoms. The van der Waals surface area contributed by atoms with E-state index in [4.69, 9.17) is 10.5 Å². The van der Waals surface area contributed by atoms with Crippen molar-refractivity contribution in [1.29, 1.82) is 10.5 Å². The molecular formula is C26H18BrN5O. The molecule has 0 bridgehead atoms. The number of anilines is 1. The number of rotatable bonds is 6. The molecule has 0 unspecified atom stereocenters. The van der Waals surface area contributed by atoms with E-state index in [9.17, 15) is 10.5 Å². The second kappa shape index (κ2) is 9.86. The minimum Gasteiger partial charge on any atom is -0.488 e. The number of nitriles is 2. The summed E-state index contributed by atoms with van der Waals surface area (Å²) in [7, 11) is 0. The predicted octanol–water partition coefficient (Wildman–Crippen LogP) is 5.73. The summed E-state index contributed by atoms with van der Waals surface area (Å²) in [6.45, 7) is 0.379. The minimum absolute atomic E-state index is 0.147. The number of halogens is 1. The van der Waals surface area contributed by atoms with Crippen molar-refractivity contribution in [3.8, 4) is 23.6 Å². The van der Waals surface area contributed by atoms with Crippen LogP contribution < -0.4 is 10.5 Å². The number of nitrogens with zero attached hydrogens (tertiary/aromatic N) is 4. The Kier molecular flexibility index (Phi) is 6.54. The van der Waals surface area contributed by atoms with E-state index in [0.717, 1.165) is 10.0 Å². The molecule has 1 aromatic heterocycles. The van der Waals surface area contributed by atoms with Crippen molar-refractivity contribution >= 4 is 33.4 Å². The lowest BCUT2D eigenvalue weighted by Gasteiger charge is -2.10. The van der Waals surface area contributed by atoms with Crippen LogP contribution in [-0.2, 0) is 6.61 Å². The Hall–Kier alpha value is -4.33. The summed E-state index contributed by atoms with van der Waals surface area (Å²) in [6.07, 6.45) is 1.66. The molecule has 0 radical (unpaired) electrons. The van der Waals surface area contributed by atoms with Crippen LogP contribution in [0.5, 0.6) is 5.75 Å². The predicted molar refractivity (Wildman–Crippen MR) is 131 cm³/mol. The molecule has 0 saturated heterocycles. The van der Waals surface area contributed by atoms with E-state index >= 15 is 0 Å². The number of benzene rings is 3. The van der Waals surface area contributed by atoms with E-state index in [1.54, 1.807) is 6.08 Å². The molecule has 2 N–H and O–H groups in total. The summed E-state index contributed by atoms with van der Waals surface area (Å²) in [4.78, 5) is 0. The SMILES string of the molecule is N#CC(=Cc1cc(Br)ccc1OCc1ccccc1)c1nn(-c2ccccc2)c(N)c1C#N. The van der Waals surface area contributed by atoms with Crippen LogP contribution in [-0.4, -0.2) is 9.78 Å². The van der Waals surface area contributed by atoms with Crippen molar-refractivity contribution in [1.82, 2.24) is 9.78 Å². The fourth-order valence-corrected chi connectivity index (χ4v) is 3.68. The summed E-state index contributed by atoms with van der Waals surface area (Å²) in [5, 5.41) is 24.1. The standard InChI is InChI=1S/C26H18BrN5O/c27-21-11-12-24(33-17-18-7-3-1-4-8-18)19(14-21)13-20(15-28)25-23(16-29)26(30)32(31-25)22-9-5-2-6-10-22/h1-14H,17,30H2. The second-order valence-corrected chi connectivity index (χ2v) is 8.01. The second-order valence-electron chi connectivity index (χ2n) is 7.09. The number of ether oxygens (including phenoxy) is 1. The van der Waals surface area contributed by atoms with E-state index in [-0.39, 0.29) is 22.6 Å². The highest BCUT2D eigenvalue weighted by Crippen LogP contribution is 2.31. The van der Waals surface area contributed by atoms with Gasteiger partial charge in [-0.3, -0.25) is 0 Å². The van der Waals surface area contributed by atoms with Crippen molar-refractivity contribution in [2.45, 2.75) is 6.61 Å². The van der Waals surface area contributed by atoms with Crippen molar-refractivity contribution in [3.05, 3.63) is 106 Å². The number of hydrogen-bond donors (Lipinski definition) is 1. The molecule has 7 heteroatoms. The number of para-hydroxylation sites is 1. The van der Waals surface area contributed by atoms with Gasteiger partial charge >= 0.3 is 0 Å². The first kappa shape index (κ1) is 21.9. The maximum absolute atomic E-state index is 9.93. The molecule has 6 nitrogen and oxygen atoms in total. The molecule has 33 heavy (non-hydrogen) atoms. The quantitative estimate of drug-likeness (QED) is 0.344. The van der Waals surface area contributed by atoms with Crippen molar-refractivity contribution in [3.63, 3.8) is 0 Å². The molecule has 1 heterocycles. The summed E-state index contributed by atoms with van der Waals surface area (Å²) >= 11 is 3.48. The third-order valence-corrected chi connectivity index (χ3v) is 5.41. The summed E-state index contributed by atoms with van der Waals surface area (Å²) < 4.78 is 8.32. The Bertz CT molecular complexity index is 1400. The van der Waals surface area contributed by atoms with Crippen molar-refractivity contribution in [2.75, 3.05) is 5.73 Å². The maximum Gasteiger partial charge on any atom is 0.145 e. The Labute approximate surface area is 199 Å². The van der Waals surface area contributed by atoms with Gasteiger partial charge in [0, 0.05) is 10.0 Å². The van der Waals surface area contributed by atoms with Gasteiger partial charge in [0.15, 0.2) is 0 Å². The topological polar surface area (TPSA) is 101 Å². The molecule has 0 fully saturated rings. The van der Waals surface area contributed by atoms with E-state index in [1.165, 1.54) is 4.68 Å². The zero-order valence-corrected chi connectivity index (χ0v) is 19.0. The Morgan fingerprint density at radius 2 is 1.73 bits per heavy atom. The van der Waals surface area contributed by atoms with Crippen LogP contribution in [0.15, 0.2) is 83.3 Å². The number of allylic oxidation sites excluding steroid dienone is 1. The largest absolute Gasteiger partial charge is 0.488 e. The van der Waals surface area contributed by atoms with Crippen LogP contribution in [0.2, 0.25) is 0 Å². The highest BCUT2D eigenvalue weighted by molar-refractivity contribution is 9.10. The lowest BCUT2D eigenvalue weighted by atomic mass is 10.1. The Morgan fingerprint density at radius 1 is 1.03 bits per heavy atom. The monoisotopic (exact) mass is 495 g/mol. The van der Waals surface area contributed by atoms with Gasteiger partial charge in [0.25, 0.3) is 0 Å². The van der Waals surface area contributed by atoms with Crippen LogP contribution in [0, 0.1) is 22.7 Å². The highest BCUT2D eigenvalue weighted by Gasteiger charge is 2.20. The molecule has 0 atom stereocenters. The van der Waals surface area contributed by atoms with Gasteiger partial charge in [0.1, 0.15) is 41.6 Å². The average molecular weight is 496 g/mol. The molecular weight excluding hydrogens is 478 g/mol. The maximum atomic E-state index is 9.93. The third-order valence-electron chi connectivity index (χ3n) is 4.92. The first-order valence-electron chi connectivity index (χ1n) is 10.0. The van der Waals surface area contributed by atoms with E-state index in [2.05, 4.69) is 33.2 Å². The van der Waals surface area contributed by atoms with Crippen molar-refractivity contribution < 1.29 is 4.74 Å². The average Bonchev–Trinajstić information content (AvgIpc) is 3.19. The van der Waals surface area contributed by atoms with Gasteiger partial charge in [-0.1, -0.05) is 64.5 Å². The summed E-state index contributed by atoms with van der Waals surface area (Å²) in [5.74, 6) is 0.776. The molecule has 3 aromatic carbocycles. The van der Waals surface area contributed by atoms with E-state index < -0.39 is 0 Å².